The third-order valence-electron chi connectivity index (χ3n) is 1.90. The highest BCUT2D eigenvalue weighted by atomic mass is 35.5. The number of hydrogen-bond acceptors (Lipinski definition) is 3. The largest absolute Gasteiger partial charge is 0.240 e. The summed E-state index contributed by atoms with van der Waals surface area (Å²) in [6, 6.07) is 8.19. The van der Waals surface area contributed by atoms with Crippen LogP contribution in [0.1, 0.15) is 5.56 Å². The van der Waals surface area contributed by atoms with E-state index in [2.05, 4.69) is 4.72 Å². The third-order valence-corrected chi connectivity index (χ3v) is 3.57. The maximum Gasteiger partial charge on any atom is 0.240 e. The number of alkyl halides is 1. The van der Waals surface area contributed by atoms with Gasteiger partial charge in [-0.15, -0.1) is 11.6 Å². The van der Waals surface area contributed by atoms with Gasteiger partial charge in [-0.05, 0) is 17.7 Å². The second-order valence-electron chi connectivity index (χ2n) is 3.07. The zero-order valence-electron chi connectivity index (χ0n) is 8.48. The van der Waals surface area contributed by atoms with E-state index in [9.17, 15) is 8.42 Å². The number of halogens is 1. The molecule has 0 saturated heterocycles. The van der Waals surface area contributed by atoms with Gasteiger partial charge >= 0.3 is 0 Å². The minimum atomic E-state index is -3.47. The monoisotopic (exact) mass is 258 g/mol. The van der Waals surface area contributed by atoms with Crippen molar-refractivity contribution in [1.82, 2.24) is 4.72 Å². The Morgan fingerprint density at radius 3 is 2.44 bits per heavy atom. The first-order valence-corrected chi connectivity index (χ1v) is 6.63. The SMILES string of the molecule is N#CCc1ccc(S(=O)(=O)NCCCl)cc1. The van der Waals surface area contributed by atoms with E-state index in [4.69, 9.17) is 16.9 Å². The first-order valence-electron chi connectivity index (χ1n) is 4.61. The Hall–Kier alpha value is -1.09. The Morgan fingerprint density at radius 1 is 1.31 bits per heavy atom. The molecule has 86 valence electrons. The van der Waals surface area contributed by atoms with Gasteiger partial charge < -0.3 is 0 Å². The summed E-state index contributed by atoms with van der Waals surface area (Å²) in [5, 5.41) is 8.47. The molecule has 0 unspecified atom stereocenters. The Labute approximate surface area is 99.9 Å². The lowest BCUT2D eigenvalue weighted by Crippen LogP contribution is -2.25. The quantitative estimate of drug-likeness (QED) is 0.809. The molecule has 0 aliphatic rings. The van der Waals surface area contributed by atoms with Crippen LogP contribution in [0.2, 0.25) is 0 Å². The average molecular weight is 259 g/mol. The Kier molecular flexibility index (Phi) is 4.74. The fraction of sp³-hybridized carbons (Fsp3) is 0.300. The van der Waals surface area contributed by atoms with Gasteiger partial charge in [-0.2, -0.15) is 5.26 Å². The maximum absolute atomic E-state index is 11.6. The summed E-state index contributed by atoms with van der Waals surface area (Å²) in [6.45, 7) is 0.198. The number of hydrogen-bond donors (Lipinski definition) is 1. The van der Waals surface area contributed by atoms with Crippen molar-refractivity contribution in [2.45, 2.75) is 11.3 Å². The predicted molar refractivity (Wildman–Crippen MR) is 61.7 cm³/mol. The molecule has 0 aliphatic heterocycles. The van der Waals surface area contributed by atoms with Gasteiger partial charge in [-0.3, -0.25) is 0 Å². The molecule has 1 N–H and O–H groups in total. The van der Waals surface area contributed by atoms with E-state index in [1.807, 2.05) is 6.07 Å². The molecule has 0 radical (unpaired) electrons. The fourth-order valence-electron chi connectivity index (χ4n) is 1.13. The molecule has 0 amide bonds. The first-order chi connectivity index (χ1) is 7.60. The van der Waals surface area contributed by atoms with Gasteiger partial charge in [0.1, 0.15) is 0 Å². The van der Waals surface area contributed by atoms with E-state index in [1.165, 1.54) is 12.1 Å². The molecule has 0 spiro atoms. The van der Waals surface area contributed by atoms with Crippen LogP contribution in [0.25, 0.3) is 0 Å². The van der Waals surface area contributed by atoms with Gasteiger partial charge in [0.25, 0.3) is 0 Å². The minimum absolute atomic E-state index is 0.180. The number of nitriles is 1. The number of nitrogens with one attached hydrogen (secondary N) is 1. The van der Waals surface area contributed by atoms with E-state index in [1.54, 1.807) is 12.1 Å². The van der Waals surface area contributed by atoms with E-state index in [0.717, 1.165) is 5.56 Å². The number of nitrogens with zero attached hydrogens (tertiary/aromatic N) is 1. The van der Waals surface area contributed by atoms with Crippen molar-refractivity contribution >= 4 is 21.6 Å². The van der Waals surface area contributed by atoms with Crippen molar-refractivity contribution in [3.8, 4) is 6.07 Å². The lowest BCUT2D eigenvalue weighted by atomic mass is 10.2. The smallest absolute Gasteiger partial charge is 0.210 e. The molecule has 1 aromatic carbocycles. The summed E-state index contributed by atoms with van der Waals surface area (Å²) >= 11 is 5.40. The molecule has 0 fully saturated rings. The summed E-state index contributed by atoms with van der Waals surface area (Å²) in [5.41, 5.74) is 0.791. The topological polar surface area (TPSA) is 70.0 Å². The molecule has 1 aromatic rings. The van der Waals surface area contributed by atoms with Crippen molar-refractivity contribution in [3.05, 3.63) is 29.8 Å². The zero-order valence-corrected chi connectivity index (χ0v) is 10.1. The van der Waals surface area contributed by atoms with Gasteiger partial charge in [0, 0.05) is 12.4 Å². The molecular formula is C10H11ClN2O2S. The van der Waals surface area contributed by atoms with Crippen molar-refractivity contribution in [3.63, 3.8) is 0 Å². The summed E-state index contributed by atoms with van der Waals surface area (Å²) in [7, 11) is -3.47. The number of benzene rings is 1. The summed E-state index contributed by atoms with van der Waals surface area (Å²) in [6.07, 6.45) is 0.273. The molecule has 0 saturated carbocycles. The standard InChI is InChI=1S/C10H11ClN2O2S/c11-6-8-13-16(14,15)10-3-1-9(2-4-10)5-7-12/h1-4,13H,5-6,8H2. The second-order valence-corrected chi connectivity index (χ2v) is 5.21. The fourth-order valence-corrected chi connectivity index (χ4v) is 2.37. The third kappa shape index (κ3) is 3.49. The van der Waals surface area contributed by atoms with Crippen LogP contribution in [0, 0.1) is 11.3 Å². The van der Waals surface area contributed by atoms with Crippen molar-refractivity contribution in [2.75, 3.05) is 12.4 Å². The Morgan fingerprint density at radius 2 is 1.94 bits per heavy atom. The lowest BCUT2D eigenvalue weighted by molar-refractivity contribution is 0.584. The minimum Gasteiger partial charge on any atom is -0.210 e. The van der Waals surface area contributed by atoms with E-state index in [0.29, 0.717) is 0 Å². The van der Waals surface area contributed by atoms with Gasteiger partial charge in [0.2, 0.25) is 10.0 Å². The second kappa shape index (κ2) is 5.85. The highest BCUT2D eigenvalue weighted by Crippen LogP contribution is 2.10. The molecule has 0 aromatic heterocycles. The molecule has 0 bridgehead atoms. The molecule has 0 atom stereocenters. The summed E-state index contributed by atoms with van der Waals surface area (Å²) in [4.78, 5) is 0.180. The van der Waals surface area contributed by atoms with Crippen LogP contribution in [0.5, 0.6) is 0 Å². The number of sulfonamides is 1. The first kappa shape index (κ1) is 13.0. The van der Waals surface area contributed by atoms with Gasteiger partial charge in [0.05, 0.1) is 17.4 Å². The van der Waals surface area contributed by atoms with Gasteiger partial charge in [-0.1, -0.05) is 12.1 Å². The Balaban J connectivity index is 2.85. The van der Waals surface area contributed by atoms with Crippen molar-refractivity contribution in [2.24, 2.45) is 0 Å². The van der Waals surface area contributed by atoms with Gasteiger partial charge in [0.15, 0.2) is 0 Å². The summed E-state index contributed by atoms with van der Waals surface area (Å²) < 4.78 is 25.6. The number of rotatable bonds is 5. The molecule has 6 heteroatoms. The lowest BCUT2D eigenvalue weighted by Gasteiger charge is -2.05. The predicted octanol–water partition coefficient (Wildman–Crippen LogP) is 1.27. The van der Waals surface area contributed by atoms with E-state index in [-0.39, 0.29) is 23.7 Å². The molecule has 16 heavy (non-hydrogen) atoms. The van der Waals surface area contributed by atoms with Crippen LogP contribution in [0.15, 0.2) is 29.2 Å². The summed E-state index contributed by atoms with van der Waals surface area (Å²) in [5.74, 6) is 0.228. The maximum atomic E-state index is 11.6. The van der Waals surface area contributed by atoms with Crippen LogP contribution in [0.4, 0.5) is 0 Å². The highest BCUT2D eigenvalue weighted by molar-refractivity contribution is 7.89. The van der Waals surface area contributed by atoms with E-state index < -0.39 is 10.0 Å². The van der Waals surface area contributed by atoms with Gasteiger partial charge in [-0.25, -0.2) is 13.1 Å². The van der Waals surface area contributed by atoms with Crippen molar-refractivity contribution < 1.29 is 8.42 Å². The molecule has 1 rings (SSSR count). The van der Waals surface area contributed by atoms with Crippen LogP contribution in [-0.4, -0.2) is 20.8 Å². The van der Waals surface area contributed by atoms with Crippen LogP contribution in [-0.2, 0) is 16.4 Å². The highest BCUT2D eigenvalue weighted by Gasteiger charge is 2.12. The molecule has 0 heterocycles. The zero-order chi connectivity index (χ0) is 12.0. The molecular weight excluding hydrogens is 248 g/mol. The van der Waals surface area contributed by atoms with Crippen LogP contribution >= 0.6 is 11.6 Å². The average Bonchev–Trinajstić information content (AvgIpc) is 2.28. The molecule has 4 nitrogen and oxygen atoms in total. The van der Waals surface area contributed by atoms with Crippen LogP contribution in [0.3, 0.4) is 0 Å². The normalized spacial score (nSPS) is 11.0. The van der Waals surface area contributed by atoms with Crippen LogP contribution < -0.4 is 4.72 Å². The Bertz CT molecular complexity index is 477. The molecule has 0 aliphatic carbocycles. The van der Waals surface area contributed by atoms with Crippen molar-refractivity contribution in [1.29, 1.82) is 5.26 Å². The van der Waals surface area contributed by atoms with E-state index >= 15 is 0 Å².